The van der Waals surface area contributed by atoms with E-state index in [0.29, 0.717) is 0 Å². The topological polar surface area (TPSA) is 22.8 Å². The summed E-state index contributed by atoms with van der Waals surface area (Å²) in [5, 5.41) is 3.63. The van der Waals surface area contributed by atoms with Crippen LogP contribution in [0.15, 0.2) is 188 Å². The van der Waals surface area contributed by atoms with Crippen LogP contribution in [0.25, 0.3) is 88.5 Å². The molecule has 0 aliphatic rings. The van der Waals surface area contributed by atoms with E-state index in [0.717, 1.165) is 38.9 Å². The number of hydrogen-bond acceptors (Lipinski definition) is 1. The van der Waals surface area contributed by atoms with E-state index in [2.05, 4.69) is 185 Å². The molecule has 0 bridgehead atoms. The molecular weight excluding hydrogens is 607 g/mol. The molecule has 0 spiro atoms. The molecule has 3 heteroatoms. The van der Waals surface area contributed by atoms with Gasteiger partial charge in [0.25, 0.3) is 0 Å². The summed E-state index contributed by atoms with van der Waals surface area (Å²) >= 11 is 0. The molecule has 234 valence electrons. The molecule has 0 saturated carbocycles. The lowest BCUT2D eigenvalue weighted by atomic mass is 10.0. The van der Waals surface area contributed by atoms with E-state index < -0.39 is 0 Å². The van der Waals surface area contributed by atoms with Gasteiger partial charge in [0.1, 0.15) is 0 Å². The minimum atomic E-state index is 1.00. The number of benzene rings is 7. The summed E-state index contributed by atoms with van der Waals surface area (Å²) in [6.07, 6.45) is 1.90. The molecule has 0 saturated heterocycles. The van der Waals surface area contributed by atoms with E-state index >= 15 is 0 Å². The van der Waals surface area contributed by atoms with Gasteiger partial charge in [0, 0.05) is 33.7 Å². The average Bonchev–Trinajstić information content (AvgIpc) is 3.71. The van der Waals surface area contributed by atoms with Crippen LogP contribution in [0, 0.1) is 0 Å². The van der Waals surface area contributed by atoms with Gasteiger partial charge < -0.3 is 9.13 Å². The maximum absolute atomic E-state index is 4.91. The monoisotopic (exact) mass is 637 g/mol. The number of rotatable bonds is 5. The van der Waals surface area contributed by atoms with E-state index in [-0.39, 0.29) is 0 Å². The van der Waals surface area contributed by atoms with Gasteiger partial charge >= 0.3 is 0 Å². The molecule has 0 N–H and O–H groups in total. The van der Waals surface area contributed by atoms with Gasteiger partial charge in [-0.05, 0) is 94.0 Å². The van der Waals surface area contributed by atoms with Crippen molar-refractivity contribution in [3.05, 3.63) is 188 Å². The zero-order valence-corrected chi connectivity index (χ0v) is 27.2. The first kappa shape index (κ1) is 28.3. The Labute approximate surface area is 290 Å². The highest BCUT2D eigenvalue weighted by Crippen LogP contribution is 2.38. The van der Waals surface area contributed by atoms with E-state index in [1.54, 1.807) is 0 Å². The molecule has 0 aliphatic carbocycles. The lowest BCUT2D eigenvalue weighted by Gasteiger charge is -2.12. The first-order chi connectivity index (χ1) is 24.8. The van der Waals surface area contributed by atoms with Crippen LogP contribution in [0.2, 0.25) is 0 Å². The molecule has 3 nitrogen and oxygen atoms in total. The van der Waals surface area contributed by atoms with Gasteiger partial charge in [0.15, 0.2) is 0 Å². The van der Waals surface area contributed by atoms with Crippen LogP contribution >= 0.6 is 0 Å². The molecular formula is C47H31N3. The van der Waals surface area contributed by atoms with Crippen molar-refractivity contribution in [2.24, 2.45) is 0 Å². The van der Waals surface area contributed by atoms with Crippen molar-refractivity contribution in [1.29, 1.82) is 0 Å². The van der Waals surface area contributed by atoms with Crippen LogP contribution in [-0.2, 0) is 0 Å². The minimum Gasteiger partial charge on any atom is -0.309 e. The Morgan fingerprint density at radius 1 is 0.300 bits per heavy atom. The third-order valence-electron chi connectivity index (χ3n) is 9.95. The van der Waals surface area contributed by atoms with Crippen LogP contribution in [0.1, 0.15) is 0 Å². The Morgan fingerprint density at radius 3 is 1.54 bits per heavy atom. The number of pyridine rings is 1. The summed E-state index contributed by atoms with van der Waals surface area (Å²) in [7, 11) is 0. The van der Waals surface area contributed by atoms with Gasteiger partial charge in [-0.2, -0.15) is 0 Å². The summed E-state index contributed by atoms with van der Waals surface area (Å²) in [6, 6.07) is 65.4. The van der Waals surface area contributed by atoms with Gasteiger partial charge in [0.2, 0.25) is 0 Å². The van der Waals surface area contributed by atoms with Gasteiger partial charge in [0.05, 0.1) is 27.6 Å². The SMILES string of the molecule is c1ccc(-c2cccc(-n3c4ccccc4c4ccc(-c5ccc6c(c5)c5ncccc5n6-c5cccc(-c6ccccc6)c5)cc43)c2)cc1. The van der Waals surface area contributed by atoms with Crippen LogP contribution in [0.4, 0.5) is 0 Å². The van der Waals surface area contributed by atoms with Crippen molar-refractivity contribution in [2.75, 3.05) is 0 Å². The quantitative estimate of drug-likeness (QED) is 0.184. The van der Waals surface area contributed by atoms with Gasteiger partial charge in [-0.15, -0.1) is 0 Å². The van der Waals surface area contributed by atoms with E-state index in [9.17, 15) is 0 Å². The van der Waals surface area contributed by atoms with Crippen LogP contribution in [0.5, 0.6) is 0 Å². The molecule has 10 rings (SSSR count). The number of nitrogens with zero attached hydrogens (tertiary/aromatic N) is 3. The summed E-state index contributed by atoms with van der Waals surface area (Å²) < 4.78 is 4.75. The van der Waals surface area contributed by atoms with Crippen LogP contribution < -0.4 is 0 Å². The highest BCUT2D eigenvalue weighted by molar-refractivity contribution is 6.11. The van der Waals surface area contributed by atoms with Crippen molar-refractivity contribution in [3.63, 3.8) is 0 Å². The van der Waals surface area contributed by atoms with E-state index in [1.807, 2.05) is 12.3 Å². The molecule has 10 aromatic rings. The molecule has 3 heterocycles. The molecule has 3 aromatic heterocycles. The minimum absolute atomic E-state index is 1.00. The van der Waals surface area contributed by atoms with E-state index in [1.165, 1.54) is 49.6 Å². The smallest absolute Gasteiger partial charge is 0.0963 e. The Kier molecular flexibility index (Phi) is 6.49. The van der Waals surface area contributed by atoms with Crippen molar-refractivity contribution in [3.8, 4) is 44.8 Å². The highest BCUT2D eigenvalue weighted by atomic mass is 15.0. The lowest BCUT2D eigenvalue weighted by molar-refractivity contribution is 1.18. The first-order valence-electron chi connectivity index (χ1n) is 17.0. The molecule has 50 heavy (non-hydrogen) atoms. The molecule has 0 radical (unpaired) electrons. The second kappa shape index (κ2) is 11.5. The van der Waals surface area contributed by atoms with Crippen LogP contribution in [-0.4, -0.2) is 14.1 Å². The number of fused-ring (bicyclic) bond motifs is 6. The normalized spacial score (nSPS) is 11.6. The maximum Gasteiger partial charge on any atom is 0.0963 e. The highest BCUT2D eigenvalue weighted by Gasteiger charge is 2.17. The molecule has 0 atom stereocenters. The van der Waals surface area contributed by atoms with Gasteiger partial charge in [-0.3, -0.25) is 4.98 Å². The maximum atomic E-state index is 4.91. The molecule has 7 aromatic carbocycles. The largest absolute Gasteiger partial charge is 0.309 e. The Balaban J connectivity index is 1.14. The molecule has 0 aliphatic heterocycles. The number of aromatic nitrogens is 3. The molecule has 0 fully saturated rings. The second-order valence-corrected chi connectivity index (χ2v) is 12.9. The van der Waals surface area contributed by atoms with Crippen molar-refractivity contribution in [2.45, 2.75) is 0 Å². The molecule has 0 unspecified atom stereocenters. The average molecular weight is 638 g/mol. The fourth-order valence-corrected chi connectivity index (χ4v) is 7.63. The lowest BCUT2D eigenvalue weighted by Crippen LogP contribution is -1.95. The fourth-order valence-electron chi connectivity index (χ4n) is 7.63. The summed E-state index contributed by atoms with van der Waals surface area (Å²) in [5.74, 6) is 0. The first-order valence-corrected chi connectivity index (χ1v) is 17.0. The van der Waals surface area contributed by atoms with Gasteiger partial charge in [-0.1, -0.05) is 121 Å². The number of hydrogen-bond donors (Lipinski definition) is 0. The van der Waals surface area contributed by atoms with Crippen molar-refractivity contribution in [1.82, 2.24) is 14.1 Å². The Bertz CT molecular complexity index is 2860. The Hall–Kier alpha value is -6.71. The zero-order chi connectivity index (χ0) is 33.0. The summed E-state index contributed by atoms with van der Waals surface area (Å²) in [4.78, 5) is 4.91. The standard InChI is InChI=1S/C47H31N3/c1-3-12-32(13-4-1)34-16-9-18-38(28-34)49-44-26-24-36(30-42(44)47-45(49)22-11-27-48-47)37-23-25-41-40-20-7-8-21-43(40)50(46(41)31-37)39-19-10-17-35(29-39)33-14-5-2-6-15-33/h1-31H. The number of para-hydroxylation sites is 1. The summed E-state index contributed by atoms with van der Waals surface area (Å²) in [5.41, 5.74) is 15.0. The van der Waals surface area contributed by atoms with Crippen molar-refractivity contribution < 1.29 is 0 Å². The third-order valence-corrected chi connectivity index (χ3v) is 9.95. The predicted molar refractivity (Wildman–Crippen MR) is 209 cm³/mol. The summed E-state index contributed by atoms with van der Waals surface area (Å²) in [6.45, 7) is 0. The Morgan fingerprint density at radius 2 is 0.820 bits per heavy atom. The predicted octanol–water partition coefficient (Wildman–Crippen LogP) is 12.3. The van der Waals surface area contributed by atoms with E-state index in [4.69, 9.17) is 4.98 Å². The van der Waals surface area contributed by atoms with Gasteiger partial charge in [-0.25, -0.2) is 0 Å². The van der Waals surface area contributed by atoms with Crippen molar-refractivity contribution >= 4 is 43.7 Å². The van der Waals surface area contributed by atoms with Crippen LogP contribution in [0.3, 0.4) is 0 Å². The fraction of sp³-hybridized carbons (Fsp3) is 0. The third kappa shape index (κ3) is 4.56. The second-order valence-electron chi connectivity index (χ2n) is 12.9. The zero-order valence-electron chi connectivity index (χ0n) is 27.2. The molecule has 0 amide bonds.